The third-order valence-corrected chi connectivity index (χ3v) is 15.8. The Balaban J connectivity index is 1.17. The van der Waals surface area contributed by atoms with Gasteiger partial charge in [-0.1, -0.05) is 198 Å². The Morgan fingerprint density at radius 1 is 0.212 bits per heavy atom. The molecule has 0 heterocycles. The Hall–Kier alpha value is -7.80. The van der Waals surface area contributed by atoms with E-state index in [4.69, 9.17) is 0 Å². The van der Waals surface area contributed by atoms with Gasteiger partial charge in [-0.2, -0.15) is 0 Å². The van der Waals surface area contributed by atoms with Crippen LogP contribution in [0.1, 0.15) is 49.9 Å². The monoisotopic (exact) mass is 838 g/mol. The van der Waals surface area contributed by atoms with E-state index in [1.165, 1.54) is 141 Å². The van der Waals surface area contributed by atoms with Gasteiger partial charge in [-0.25, -0.2) is 0 Å². The van der Waals surface area contributed by atoms with E-state index in [0.717, 1.165) is 0 Å². The number of hydrogen-bond acceptors (Lipinski definition) is 0. The maximum atomic E-state index is 2.64. The zero-order chi connectivity index (χ0) is 44.1. The highest BCUT2D eigenvalue weighted by atomic mass is 14.5. The van der Waals surface area contributed by atoms with Gasteiger partial charge in [-0.15, -0.1) is 0 Å². The van der Waals surface area contributed by atoms with Crippen LogP contribution in [0.4, 0.5) is 0 Å². The number of fused-ring (bicyclic) bond motifs is 16. The van der Waals surface area contributed by atoms with Crippen LogP contribution in [-0.2, 0) is 10.8 Å². The van der Waals surface area contributed by atoms with Crippen molar-refractivity contribution in [3.05, 3.63) is 229 Å². The van der Waals surface area contributed by atoms with Gasteiger partial charge < -0.3 is 0 Å². The molecular formula is C66H46. The minimum absolute atomic E-state index is 0.306. The number of rotatable bonds is 2. The van der Waals surface area contributed by atoms with Crippen molar-refractivity contribution < 1.29 is 0 Å². The fourth-order valence-corrected chi connectivity index (χ4v) is 12.6. The molecule has 0 fully saturated rings. The number of benzene rings is 13. The molecule has 14 rings (SSSR count). The van der Waals surface area contributed by atoms with E-state index in [2.05, 4.69) is 234 Å². The minimum Gasteiger partial charge on any atom is -0.0616 e. The molecule has 13 aromatic carbocycles. The first kappa shape index (κ1) is 37.6. The van der Waals surface area contributed by atoms with Gasteiger partial charge in [0.2, 0.25) is 0 Å². The summed E-state index contributed by atoms with van der Waals surface area (Å²) in [5, 5.41) is 23.3. The van der Waals surface area contributed by atoms with E-state index in [1.807, 2.05) is 0 Å². The van der Waals surface area contributed by atoms with Crippen LogP contribution in [0.2, 0.25) is 0 Å². The summed E-state index contributed by atoms with van der Waals surface area (Å²) in [6.07, 6.45) is 0. The summed E-state index contributed by atoms with van der Waals surface area (Å²) >= 11 is 0. The molecule has 0 spiro atoms. The average molecular weight is 839 g/mol. The Kier molecular flexibility index (Phi) is 7.61. The highest BCUT2D eigenvalue weighted by Crippen LogP contribution is 2.56. The molecule has 0 saturated heterocycles. The third kappa shape index (κ3) is 4.99. The molecule has 0 heteroatoms. The van der Waals surface area contributed by atoms with Crippen LogP contribution in [0.5, 0.6) is 0 Å². The molecule has 0 aromatic heterocycles. The zero-order valence-corrected chi connectivity index (χ0v) is 37.6. The summed E-state index contributed by atoms with van der Waals surface area (Å²) < 4.78 is 0. The molecule has 0 bridgehead atoms. The molecule has 0 radical (unpaired) electrons. The highest BCUT2D eigenvalue weighted by Gasteiger charge is 2.43. The maximum Gasteiger partial charge on any atom is 0.0153 e. The molecule has 1 aliphatic carbocycles. The fourth-order valence-electron chi connectivity index (χ4n) is 12.6. The van der Waals surface area contributed by atoms with Crippen LogP contribution < -0.4 is 0 Å². The van der Waals surface area contributed by atoms with Crippen LogP contribution in [0, 0.1) is 0 Å². The molecule has 0 nitrogen and oxygen atoms in total. The molecular weight excluding hydrogens is 793 g/mol. The molecule has 0 saturated carbocycles. The Labute approximate surface area is 384 Å². The predicted octanol–water partition coefficient (Wildman–Crippen LogP) is 18.4. The van der Waals surface area contributed by atoms with Crippen molar-refractivity contribution in [3.63, 3.8) is 0 Å². The van der Waals surface area contributed by atoms with Gasteiger partial charge in [0.25, 0.3) is 0 Å². The molecule has 0 atom stereocenters. The summed E-state index contributed by atoms with van der Waals surface area (Å²) in [5.74, 6) is 0. The molecule has 1 aliphatic rings. The summed E-state index contributed by atoms with van der Waals surface area (Å²) in [5.41, 5.74) is 10.2. The molecule has 0 N–H and O–H groups in total. The first-order valence-electron chi connectivity index (χ1n) is 23.5. The van der Waals surface area contributed by atoms with Crippen LogP contribution in [-0.4, -0.2) is 0 Å². The predicted molar refractivity (Wildman–Crippen MR) is 286 cm³/mol. The SMILES string of the molecule is CC1(C)c2cc3c(-c4cc5ccccc5c5ccccc45)c4ccccc4c(-c4cc5ccccc5c5ccccc45)c3cc2C(C)(C)c2cc3c4ccccc4c4ccccc4c3cc21. The normalized spacial score (nSPS) is 14.3. The van der Waals surface area contributed by atoms with Crippen molar-refractivity contribution in [3.8, 4) is 22.3 Å². The van der Waals surface area contributed by atoms with E-state index in [9.17, 15) is 0 Å². The second kappa shape index (κ2) is 13.4. The summed E-state index contributed by atoms with van der Waals surface area (Å²) in [6.45, 7) is 9.91. The van der Waals surface area contributed by atoms with Crippen molar-refractivity contribution in [1.82, 2.24) is 0 Å². The lowest BCUT2D eigenvalue weighted by Crippen LogP contribution is -2.36. The lowest BCUT2D eigenvalue weighted by molar-refractivity contribution is 0.523. The van der Waals surface area contributed by atoms with E-state index in [1.54, 1.807) is 0 Å². The average Bonchev–Trinajstić information content (AvgIpc) is 3.36. The molecule has 13 aromatic rings. The van der Waals surface area contributed by atoms with Crippen molar-refractivity contribution in [2.45, 2.75) is 38.5 Å². The van der Waals surface area contributed by atoms with E-state index >= 15 is 0 Å². The van der Waals surface area contributed by atoms with Gasteiger partial charge in [0.05, 0.1) is 0 Å². The van der Waals surface area contributed by atoms with Crippen molar-refractivity contribution >= 4 is 97.0 Å². The van der Waals surface area contributed by atoms with E-state index < -0.39 is 0 Å². The van der Waals surface area contributed by atoms with Crippen LogP contribution in [0.25, 0.3) is 119 Å². The summed E-state index contributed by atoms with van der Waals surface area (Å²) in [4.78, 5) is 0. The van der Waals surface area contributed by atoms with Gasteiger partial charge in [0, 0.05) is 10.8 Å². The smallest absolute Gasteiger partial charge is 0.0153 e. The lowest BCUT2D eigenvalue weighted by Gasteiger charge is -2.44. The van der Waals surface area contributed by atoms with Gasteiger partial charge in [-0.05, 0) is 178 Å². The molecule has 0 amide bonds. The van der Waals surface area contributed by atoms with Crippen LogP contribution in [0.3, 0.4) is 0 Å². The first-order valence-corrected chi connectivity index (χ1v) is 23.5. The molecule has 310 valence electrons. The Morgan fingerprint density at radius 3 is 0.803 bits per heavy atom. The zero-order valence-electron chi connectivity index (χ0n) is 37.6. The second-order valence-electron chi connectivity index (χ2n) is 19.9. The third-order valence-electron chi connectivity index (χ3n) is 15.8. The van der Waals surface area contributed by atoms with Gasteiger partial charge >= 0.3 is 0 Å². The lowest BCUT2D eigenvalue weighted by atomic mass is 9.59. The van der Waals surface area contributed by atoms with Gasteiger partial charge in [0.15, 0.2) is 0 Å². The Morgan fingerprint density at radius 2 is 0.455 bits per heavy atom. The quantitative estimate of drug-likeness (QED) is 0.120. The summed E-state index contributed by atoms with van der Waals surface area (Å²) in [6, 6.07) is 78.5. The van der Waals surface area contributed by atoms with Crippen LogP contribution >= 0.6 is 0 Å². The number of hydrogen-bond donors (Lipinski definition) is 0. The largest absolute Gasteiger partial charge is 0.0616 e. The standard InChI is InChI=1S/C66H46/c1-65(2)59-35-53-47-27-13-11-25-45(47)46-26-12-14-28-48(46)54(53)36-60(59)66(3,4)62-38-58-57(37-61(62)65)63(55-33-39-19-5-7-21-41(39)43-23-9-15-29-49(43)55)51-31-17-18-32-52(51)64(58)56-34-40-20-6-8-22-42(40)44-24-10-16-30-50(44)56/h5-38H,1-4H3. The molecule has 66 heavy (non-hydrogen) atoms. The van der Waals surface area contributed by atoms with Gasteiger partial charge in [0.1, 0.15) is 0 Å². The second-order valence-corrected chi connectivity index (χ2v) is 19.9. The van der Waals surface area contributed by atoms with Crippen LogP contribution in [0.15, 0.2) is 206 Å². The molecule has 0 unspecified atom stereocenters. The topological polar surface area (TPSA) is 0 Å². The fraction of sp³-hybridized carbons (Fsp3) is 0.0909. The Bertz CT molecular complexity index is 4000. The van der Waals surface area contributed by atoms with Crippen molar-refractivity contribution in [1.29, 1.82) is 0 Å². The highest BCUT2D eigenvalue weighted by molar-refractivity contribution is 6.29. The summed E-state index contributed by atoms with van der Waals surface area (Å²) in [7, 11) is 0. The van der Waals surface area contributed by atoms with Gasteiger partial charge in [-0.3, -0.25) is 0 Å². The minimum atomic E-state index is -0.306. The van der Waals surface area contributed by atoms with E-state index in [-0.39, 0.29) is 10.8 Å². The van der Waals surface area contributed by atoms with E-state index in [0.29, 0.717) is 0 Å². The maximum absolute atomic E-state index is 2.64. The molecule has 0 aliphatic heterocycles. The first-order chi connectivity index (χ1) is 32.3. The van der Waals surface area contributed by atoms with Crippen molar-refractivity contribution in [2.24, 2.45) is 0 Å². The van der Waals surface area contributed by atoms with Crippen molar-refractivity contribution in [2.75, 3.05) is 0 Å².